The summed E-state index contributed by atoms with van der Waals surface area (Å²) in [4.78, 5) is 23.0. The van der Waals surface area contributed by atoms with E-state index in [0.29, 0.717) is 25.7 Å². The van der Waals surface area contributed by atoms with Crippen LogP contribution in [0.2, 0.25) is 0 Å². The molecule has 0 aromatic rings. The van der Waals surface area contributed by atoms with Crippen LogP contribution in [0.4, 0.5) is 4.79 Å². The Morgan fingerprint density at radius 2 is 1.61 bits per heavy atom. The van der Waals surface area contributed by atoms with Crippen molar-refractivity contribution in [2.24, 2.45) is 41.2 Å². The molecule has 1 fully saturated rings. The van der Waals surface area contributed by atoms with Gasteiger partial charge in [-0.25, -0.2) is 4.79 Å². The molecule has 1 aliphatic heterocycles. The summed E-state index contributed by atoms with van der Waals surface area (Å²) in [7, 11) is 0. The lowest BCUT2D eigenvalue weighted by Gasteiger charge is -2.36. The van der Waals surface area contributed by atoms with Crippen LogP contribution in [0.1, 0.15) is 74.1 Å². The van der Waals surface area contributed by atoms with Crippen molar-refractivity contribution >= 4 is 12.1 Å². The van der Waals surface area contributed by atoms with Gasteiger partial charge in [-0.1, -0.05) is 65.8 Å². The van der Waals surface area contributed by atoms with E-state index in [0.717, 1.165) is 0 Å². The van der Waals surface area contributed by atoms with E-state index in [1.807, 2.05) is 65.8 Å². The number of aliphatic hydroxyl groups excluding tert-OH is 3. The second-order valence-corrected chi connectivity index (χ2v) is 10.9. The molecule has 36 heavy (non-hydrogen) atoms. The number of allylic oxidation sites excluding steroid dienone is 2. The van der Waals surface area contributed by atoms with Crippen LogP contribution >= 0.6 is 0 Å². The molecule has 1 aliphatic rings. The van der Waals surface area contributed by atoms with Crippen LogP contribution < -0.4 is 5.73 Å². The summed E-state index contributed by atoms with van der Waals surface area (Å²) >= 11 is 0. The molecule has 0 aromatic carbocycles. The van der Waals surface area contributed by atoms with Crippen molar-refractivity contribution < 1.29 is 34.4 Å². The standard InChI is InChI=1S/C28H49NO7/c1-16(2)26(36-28(29)34)19(5)22(30)14-10-8-12-17(3)24(31)18(4)13-9-11-15-23-20(6)25(32)21(7)27(33)35-23/h8-9,12-13,16-26,30-32H,10-11,14-15H2,1-7H3,(H2,29,34)/b12-8-,13-9-/t17-,18-,19-,20-,21+,22+,23-,24+,25-,26-/m0/s1. The normalized spacial score (nSPS) is 28.0. The number of nitrogens with two attached hydrogens (primary N) is 1. The topological polar surface area (TPSA) is 139 Å². The van der Waals surface area contributed by atoms with Gasteiger partial charge < -0.3 is 30.5 Å². The SMILES string of the molecule is CC(C)[C@H](OC(N)=O)[C@@H](C)[C@H](O)CC/C=C\[C@H](C)[C@@H](O)[C@@H](C)/C=C\CC[C@@H]1OC(=O)[C@H](C)[C@@H](O)[C@H]1C. The van der Waals surface area contributed by atoms with Gasteiger partial charge in [0.1, 0.15) is 12.2 Å². The summed E-state index contributed by atoms with van der Waals surface area (Å²) in [6.07, 6.45) is 6.89. The summed E-state index contributed by atoms with van der Waals surface area (Å²) in [5.74, 6) is -1.28. The van der Waals surface area contributed by atoms with E-state index in [1.165, 1.54) is 0 Å². The Hall–Kier alpha value is -1.90. The van der Waals surface area contributed by atoms with Crippen LogP contribution in [0, 0.1) is 35.5 Å². The third-order valence-electron chi connectivity index (χ3n) is 7.51. The number of ether oxygens (including phenoxy) is 2. The van der Waals surface area contributed by atoms with Crippen molar-refractivity contribution in [2.75, 3.05) is 0 Å². The van der Waals surface area contributed by atoms with Crippen LogP contribution in [-0.4, -0.2) is 57.9 Å². The molecule has 8 nitrogen and oxygen atoms in total. The van der Waals surface area contributed by atoms with Gasteiger partial charge >= 0.3 is 12.1 Å². The third-order valence-corrected chi connectivity index (χ3v) is 7.51. The smallest absolute Gasteiger partial charge is 0.404 e. The fraction of sp³-hybridized carbons (Fsp3) is 0.786. The highest BCUT2D eigenvalue weighted by molar-refractivity contribution is 5.73. The number of aliphatic hydroxyl groups is 3. The predicted octanol–water partition coefficient (Wildman–Crippen LogP) is 3.97. The highest BCUT2D eigenvalue weighted by atomic mass is 16.6. The Balaban J connectivity index is 2.45. The zero-order chi connectivity index (χ0) is 27.6. The molecule has 0 saturated carbocycles. The summed E-state index contributed by atoms with van der Waals surface area (Å²) in [6, 6.07) is 0. The Kier molecular flexibility index (Phi) is 13.7. The molecule has 1 amide bonds. The number of rotatable bonds is 14. The van der Waals surface area contributed by atoms with Crippen LogP contribution in [0.5, 0.6) is 0 Å². The molecule has 0 aliphatic carbocycles. The monoisotopic (exact) mass is 511 g/mol. The first-order valence-electron chi connectivity index (χ1n) is 13.3. The first kappa shape index (κ1) is 32.1. The third kappa shape index (κ3) is 9.87. The summed E-state index contributed by atoms with van der Waals surface area (Å²) in [5, 5.41) is 31.4. The van der Waals surface area contributed by atoms with E-state index >= 15 is 0 Å². The molecule has 0 bridgehead atoms. The predicted molar refractivity (Wildman–Crippen MR) is 140 cm³/mol. The fourth-order valence-corrected chi connectivity index (χ4v) is 4.82. The first-order chi connectivity index (χ1) is 16.8. The largest absolute Gasteiger partial charge is 0.462 e. The highest BCUT2D eigenvalue weighted by Gasteiger charge is 2.39. The van der Waals surface area contributed by atoms with Crippen LogP contribution in [0.25, 0.3) is 0 Å². The zero-order valence-electron chi connectivity index (χ0n) is 23.0. The number of amides is 1. The number of primary amides is 1. The van der Waals surface area contributed by atoms with E-state index in [2.05, 4.69) is 0 Å². The van der Waals surface area contributed by atoms with E-state index in [1.54, 1.807) is 6.92 Å². The summed E-state index contributed by atoms with van der Waals surface area (Å²) in [6.45, 7) is 13.2. The molecule has 1 heterocycles. The molecule has 8 heteroatoms. The molecule has 0 spiro atoms. The molecular formula is C28H49NO7. The lowest BCUT2D eigenvalue weighted by molar-refractivity contribution is -0.177. The zero-order valence-corrected chi connectivity index (χ0v) is 23.0. The molecule has 1 rings (SSSR count). The highest BCUT2D eigenvalue weighted by Crippen LogP contribution is 2.29. The average Bonchev–Trinajstić information content (AvgIpc) is 2.82. The van der Waals surface area contributed by atoms with Gasteiger partial charge in [0.2, 0.25) is 0 Å². The Bertz CT molecular complexity index is 737. The van der Waals surface area contributed by atoms with Gasteiger partial charge in [-0.3, -0.25) is 4.79 Å². The lowest BCUT2D eigenvalue weighted by atomic mass is 9.84. The van der Waals surface area contributed by atoms with Crippen molar-refractivity contribution in [1.29, 1.82) is 0 Å². The van der Waals surface area contributed by atoms with Crippen LogP contribution in [0.15, 0.2) is 24.3 Å². The maximum absolute atomic E-state index is 11.9. The number of cyclic esters (lactones) is 1. The number of carbonyl (C=O) groups excluding carboxylic acids is 2. The molecule has 5 N–H and O–H groups in total. The van der Waals surface area contributed by atoms with E-state index in [9.17, 15) is 24.9 Å². The molecule has 1 saturated heterocycles. The fourth-order valence-electron chi connectivity index (χ4n) is 4.82. The number of hydrogen-bond donors (Lipinski definition) is 4. The minimum absolute atomic E-state index is 0.0405. The van der Waals surface area contributed by atoms with Gasteiger partial charge in [0.25, 0.3) is 0 Å². The minimum Gasteiger partial charge on any atom is -0.462 e. The lowest BCUT2D eigenvalue weighted by Crippen LogP contribution is -2.46. The number of esters is 1. The van der Waals surface area contributed by atoms with Crippen molar-refractivity contribution in [3.63, 3.8) is 0 Å². The summed E-state index contributed by atoms with van der Waals surface area (Å²) in [5.41, 5.74) is 5.16. The van der Waals surface area contributed by atoms with Gasteiger partial charge in [-0.15, -0.1) is 0 Å². The maximum atomic E-state index is 11.9. The molecule has 0 aromatic heterocycles. The Morgan fingerprint density at radius 3 is 2.14 bits per heavy atom. The van der Waals surface area contributed by atoms with Gasteiger partial charge in [0, 0.05) is 23.7 Å². The molecule has 0 radical (unpaired) electrons. The van der Waals surface area contributed by atoms with E-state index in [-0.39, 0.29) is 41.7 Å². The molecule has 10 atom stereocenters. The molecule has 208 valence electrons. The van der Waals surface area contributed by atoms with Gasteiger partial charge in [0.05, 0.1) is 24.2 Å². The number of hydrogen-bond acceptors (Lipinski definition) is 7. The van der Waals surface area contributed by atoms with Crippen LogP contribution in [-0.2, 0) is 14.3 Å². The second kappa shape index (κ2) is 15.4. The number of carbonyl (C=O) groups is 2. The minimum atomic E-state index is -0.834. The van der Waals surface area contributed by atoms with Gasteiger partial charge in [0.15, 0.2) is 0 Å². The quantitative estimate of drug-likeness (QED) is 0.204. The van der Waals surface area contributed by atoms with Crippen molar-refractivity contribution in [2.45, 2.75) is 105 Å². The van der Waals surface area contributed by atoms with Crippen molar-refractivity contribution in [3.05, 3.63) is 24.3 Å². The summed E-state index contributed by atoms with van der Waals surface area (Å²) < 4.78 is 10.6. The molecular weight excluding hydrogens is 462 g/mol. The van der Waals surface area contributed by atoms with Crippen molar-refractivity contribution in [3.8, 4) is 0 Å². The van der Waals surface area contributed by atoms with Gasteiger partial charge in [-0.2, -0.15) is 0 Å². The van der Waals surface area contributed by atoms with E-state index in [4.69, 9.17) is 15.2 Å². The Morgan fingerprint density at radius 1 is 1.06 bits per heavy atom. The van der Waals surface area contributed by atoms with Crippen molar-refractivity contribution in [1.82, 2.24) is 0 Å². The Labute approximate surface area is 216 Å². The molecule has 0 unspecified atom stereocenters. The first-order valence-corrected chi connectivity index (χ1v) is 13.3. The average molecular weight is 512 g/mol. The maximum Gasteiger partial charge on any atom is 0.404 e. The van der Waals surface area contributed by atoms with Gasteiger partial charge in [-0.05, 0) is 38.5 Å². The second-order valence-electron chi connectivity index (χ2n) is 10.9. The van der Waals surface area contributed by atoms with Crippen LogP contribution in [0.3, 0.4) is 0 Å². The van der Waals surface area contributed by atoms with E-state index < -0.39 is 36.4 Å².